The van der Waals surface area contributed by atoms with Crippen LogP contribution in [-0.4, -0.2) is 33.9 Å². The Morgan fingerprint density at radius 2 is 2.06 bits per heavy atom. The summed E-state index contributed by atoms with van der Waals surface area (Å²) in [5.41, 5.74) is 7.48. The van der Waals surface area contributed by atoms with E-state index in [1.165, 1.54) is 0 Å². The van der Waals surface area contributed by atoms with Crippen molar-refractivity contribution in [2.75, 3.05) is 38.5 Å². The highest BCUT2D eigenvalue weighted by atomic mass is 16.5. The monoisotopic (exact) mass is 224 g/mol. The number of anilines is 2. The van der Waals surface area contributed by atoms with Crippen LogP contribution in [0.2, 0.25) is 0 Å². The Kier molecular flexibility index (Phi) is 4.43. The van der Waals surface area contributed by atoms with Gasteiger partial charge in [0.05, 0.1) is 19.4 Å². The van der Waals surface area contributed by atoms with Crippen LogP contribution in [-0.2, 0) is 4.74 Å². The maximum absolute atomic E-state index is 5.77. The summed E-state index contributed by atoms with van der Waals surface area (Å²) in [6, 6.07) is 6.06. The van der Waals surface area contributed by atoms with Gasteiger partial charge in [0.15, 0.2) is 0 Å². The number of hydrogen-bond donors (Lipinski definition) is 1. The summed E-state index contributed by atoms with van der Waals surface area (Å²) in [4.78, 5) is 2.13. The summed E-state index contributed by atoms with van der Waals surface area (Å²) in [7, 11) is 5.34. The lowest BCUT2D eigenvalue weighted by molar-refractivity contribution is 0.183. The summed E-state index contributed by atoms with van der Waals surface area (Å²) in [5, 5.41) is 0. The molecule has 16 heavy (non-hydrogen) atoms. The maximum Gasteiger partial charge on any atom is 0.143 e. The van der Waals surface area contributed by atoms with Crippen LogP contribution in [0.5, 0.6) is 5.75 Å². The molecule has 0 saturated carbocycles. The molecule has 0 fully saturated rings. The molecule has 0 saturated heterocycles. The molecule has 90 valence electrons. The summed E-state index contributed by atoms with van der Waals surface area (Å²) in [5.74, 6) is 0.703. The minimum atomic E-state index is 0.304. The number of benzene rings is 1. The van der Waals surface area contributed by atoms with E-state index < -0.39 is 0 Å². The highest BCUT2D eigenvalue weighted by molar-refractivity contribution is 5.62. The van der Waals surface area contributed by atoms with Crippen molar-refractivity contribution in [3.05, 3.63) is 18.2 Å². The number of nitrogens with zero attached hydrogens (tertiary/aromatic N) is 1. The van der Waals surface area contributed by atoms with Crippen LogP contribution in [0.1, 0.15) is 6.92 Å². The molecule has 0 spiro atoms. The van der Waals surface area contributed by atoms with Crippen LogP contribution in [0.3, 0.4) is 0 Å². The molecule has 2 N–H and O–H groups in total. The van der Waals surface area contributed by atoms with Crippen LogP contribution >= 0.6 is 0 Å². The lowest BCUT2D eigenvalue weighted by Crippen LogP contribution is -2.32. The van der Waals surface area contributed by atoms with E-state index in [4.69, 9.17) is 15.2 Å². The van der Waals surface area contributed by atoms with E-state index in [1.807, 2.05) is 25.2 Å². The SMILES string of the molecule is COCC(C)N(C)c1ccc(N)c(OC)c1. The summed E-state index contributed by atoms with van der Waals surface area (Å²) >= 11 is 0. The van der Waals surface area contributed by atoms with Gasteiger partial charge >= 0.3 is 0 Å². The van der Waals surface area contributed by atoms with Gasteiger partial charge < -0.3 is 20.1 Å². The average molecular weight is 224 g/mol. The standard InChI is InChI=1S/C12H20N2O2/c1-9(8-15-3)14(2)10-5-6-11(13)12(7-10)16-4/h5-7,9H,8,13H2,1-4H3. The molecule has 1 atom stereocenters. The molecule has 1 aromatic rings. The molecule has 0 bridgehead atoms. The molecule has 1 unspecified atom stereocenters. The number of nitrogens with two attached hydrogens (primary N) is 1. The van der Waals surface area contributed by atoms with Crippen molar-refractivity contribution in [1.82, 2.24) is 0 Å². The third-order valence-corrected chi connectivity index (χ3v) is 2.69. The first-order valence-electron chi connectivity index (χ1n) is 5.25. The number of ether oxygens (including phenoxy) is 2. The summed E-state index contributed by atoms with van der Waals surface area (Å²) in [6.07, 6.45) is 0. The van der Waals surface area contributed by atoms with Gasteiger partial charge in [0.1, 0.15) is 5.75 Å². The van der Waals surface area contributed by atoms with Gasteiger partial charge in [-0.2, -0.15) is 0 Å². The van der Waals surface area contributed by atoms with Gasteiger partial charge in [-0.25, -0.2) is 0 Å². The van der Waals surface area contributed by atoms with E-state index in [1.54, 1.807) is 14.2 Å². The Labute approximate surface area is 96.9 Å². The Morgan fingerprint density at radius 3 is 2.62 bits per heavy atom. The highest BCUT2D eigenvalue weighted by Gasteiger charge is 2.11. The van der Waals surface area contributed by atoms with Crippen molar-refractivity contribution in [2.45, 2.75) is 13.0 Å². The molecule has 0 aliphatic heterocycles. The van der Waals surface area contributed by atoms with E-state index in [0.717, 1.165) is 5.69 Å². The van der Waals surface area contributed by atoms with Gasteiger partial charge in [-0.05, 0) is 19.1 Å². The fourth-order valence-corrected chi connectivity index (χ4v) is 1.53. The molecule has 4 heteroatoms. The number of rotatable bonds is 5. The maximum atomic E-state index is 5.77. The van der Waals surface area contributed by atoms with Crippen molar-refractivity contribution in [3.8, 4) is 5.75 Å². The predicted octanol–water partition coefficient (Wildman–Crippen LogP) is 1.75. The highest BCUT2D eigenvalue weighted by Crippen LogP contribution is 2.27. The Balaban J connectivity index is 2.87. The quantitative estimate of drug-likeness (QED) is 0.774. The van der Waals surface area contributed by atoms with Gasteiger partial charge in [0, 0.05) is 32.0 Å². The third-order valence-electron chi connectivity index (χ3n) is 2.69. The minimum absolute atomic E-state index is 0.304. The van der Waals surface area contributed by atoms with E-state index in [0.29, 0.717) is 24.1 Å². The second kappa shape index (κ2) is 5.61. The molecule has 0 aliphatic carbocycles. The van der Waals surface area contributed by atoms with Crippen LogP contribution < -0.4 is 15.4 Å². The zero-order valence-corrected chi connectivity index (χ0v) is 10.4. The second-order valence-corrected chi connectivity index (χ2v) is 3.84. The summed E-state index contributed by atoms with van der Waals surface area (Å²) in [6.45, 7) is 2.79. The fraction of sp³-hybridized carbons (Fsp3) is 0.500. The predicted molar refractivity (Wildman–Crippen MR) is 67.1 cm³/mol. The van der Waals surface area contributed by atoms with Gasteiger partial charge in [0.25, 0.3) is 0 Å². The lowest BCUT2D eigenvalue weighted by atomic mass is 10.2. The first-order chi connectivity index (χ1) is 7.60. The van der Waals surface area contributed by atoms with Crippen LogP contribution in [0.4, 0.5) is 11.4 Å². The minimum Gasteiger partial charge on any atom is -0.495 e. The van der Waals surface area contributed by atoms with E-state index in [2.05, 4.69) is 11.8 Å². The van der Waals surface area contributed by atoms with Crippen molar-refractivity contribution < 1.29 is 9.47 Å². The molecule has 1 rings (SSSR count). The third kappa shape index (κ3) is 2.79. The largest absolute Gasteiger partial charge is 0.495 e. The van der Waals surface area contributed by atoms with Gasteiger partial charge in [0.2, 0.25) is 0 Å². The first-order valence-corrected chi connectivity index (χ1v) is 5.25. The van der Waals surface area contributed by atoms with Crippen LogP contribution in [0.25, 0.3) is 0 Å². The van der Waals surface area contributed by atoms with Gasteiger partial charge in [-0.1, -0.05) is 0 Å². The van der Waals surface area contributed by atoms with Gasteiger partial charge in [-0.3, -0.25) is 0 Å². The normalized spacial score (nSPS) is 12.2. The molecule has 0 amide bonds. The molecule has 1 aromatic carbocycles. The Bertz CT molecular complexity index is 342. The molecule has 0 radical (unpaired) electrons. The van der Waals surface area contributed by atoms with Crippen molar-refractivity contribution >= 4 is 11.4 Å². The molecule has 0 heterocycles. The van der Waals surface area contributed by atoms with E-state index >= 15 is 0 Å². The van der Waals surface area contributed by atoms with Crippen LogP contribution in [0, 0.1) is 0 Å². The zero-order valence-electron chi connectivity index (χ0n) is 10.4. The molecular weight excluding hydrogens is 204 g/mol. The molecule has 0 aliphatic rings. The van der Waals surface area contributed by atoms with E-state index in [9.17, 15) is 0 Å². The molecule has 0 aromatic heterocycles. The first kappa shape index (κ1) is 12.6. The Morgan fingerprint density at radius 1 is 1.38 bits per heavy atom. The molecule has 4 nitrogen and oxygen atoms in total. The zero-order chi connectivity index (χ0) is 12.1. The lowest BCUT2D eigenvalue weighted by Gasteiger charge is -2.26. The van der Waals surface area contributed by atoms with E-state index in [-0.39, 0.29) is 0 Å². The second-order valence-electron chi connectivity index (χ2n) is 3.84. The van der Waals surface area contributed by atoms with Gasteiger partial charge in [-0.15, -0.1) is 0 Å². The smallest absolute Gasteiger partial charge is 0.143 e. The van der Waals surface area contributed by atoms with Crippen molar-refractivity contribution in [2.24, 2.45) is 0 Å². The fourth-order valence-electron chi connectivity index (χ4n) is 1.53. The Hall–Kier alpha value is -1.42. The molecular formula is C12H20N2O2. The van der Waals surface area contributed by atoms with Crippen molar-refractivity contribution in [1.29, 1.82) is 0 Å². The van der Waals surface area contributed by atoms with Crippen molar-refractivity contribution in [3.63, 3.8) is 0 Å². The van der Waals surface area contributed by atoms with Crippen LogP contribution in [0.15, 0.2) is 18.2 Å². The average Bonchev–Trinajstić information content (AvgIpc) is 2.29. The topological polar surface area (TPSA) is 47.7 Å². The number of nitrogen functional groups attached to an aromatic ring is 1. The number of hydrogen-bond acceptors (Lipinski definition) is 4. The number of likely N-dealkylation sites (N-methyl/N-ethyl adjacent to an activating group) is 1. The number of methoxy groups -OCH3 is 2. The summed E-state index contributed by atoms with van der Waals surface area (Å²) < 4.78 is 10.3.